The third kappa shape index (κ3) is 2.76. The Bertz CT molecular complexity index is 1290. The van der Waals surface area contributed by atoms with Crippen LogP contribution in [0, 0.1) is 12.7 Å². The maximum absolute atomic E-state index is 13.3. The molecule has 8 heteroatoms. The summed E-state index contributed by atoms with van der Waals surface area (Å²) >= 11 is 5.75. The van der Waals surface area contributed by atoms with E-state index in [1.807, 2.05) is 13.0 Å². The van der Waals surface area contributed by atoms with Gasteiger partial charge in [0, 0.05) is 18.9 Å². The minimum Gasteiger partial charge on any atom is -0.324 e. The monoisotopic (exact) mass is 384 g/mol. The summed E-state index contributed by atoms with van der Waals surface area (Å²) in [5.41, 5.74) is 2.15. The van der Waals surface area contributed by atoms with E-state index in [0.717, 1.165) is 5.56 Å². The highest BCUT2D eigenvalue weighted by molar-refractivity contribution is 6.31. The molecule has 136 valence electrons. The van der Waals surface area contributed by atoms with Crippen molar-refractivity contribution in [3.63, 3.8) is 0 Å². The van der Waals surface area contributed by atoms with Gasteiger partial charge in [-0.3, -0.25) is 14.0 Å². The normalized spacial score (nSPS) is 11.3. The zero-order valence-electron chi connectivity index (χ0n) is 14.5. The molecule has 0 bridgehead atoms. The van der Waals surface area contributed by atoms with Gasteiger partial charge in [0.25, 0.3) is 11.5 Å². The summed E-state index contributed by atoms with van der Waals surface area (Å²) in [4.78, 5) is 30.0. The minimum absolute atomic E-state index is 0.0912. The molecule has 4 aromatic rings. The van der Waals surface area contributed by atoms with E-state index < -0.39 is 11.7 Å². The lowest BCUT2D eigenvalue weighted by Crippen LogP contribution is -2.16. The quantitative estimate of drug-likeness (QED) is 0.574. The molecule has 1 aromatic carbocycles. The molecule has 1 N–H and O–H groups in total. The van der Waals surface area contributed by atoms with Crippen LogP contribution in [0.5, 0.6) is 0 Å². The van der Waals surface area contributed by atoms with E-state index in [1.54, 1.807) is 23.9 Å². The van der Waals surface area contributed by atoms with Crippen LogP contribution in [0.1, 0.15) is 16.1 Å². The van der Waals surface area contributed by atoms with Crippen molar-refractivity contribution in [2.75, 3.05) is 5.32 Å². The van der Waals surface area contributed by atoms with E-state index >= 15 is 0 Å². The number of aromatic nitrogens is 3. The third-order valence-electron chi connectivity index (χ3n) is 4.43. The summed E-state index contributed by atoms with van der Waals surface area (Å²) in [7, 11) is 1.66. The lowest BCUT2D eigenvalue weighted by Gasteiger charge is -2.07. The van der Waals surface area contributed by atoms with Crippen molar-refractivity contribution in [3.8, 4) is 0 Å². The molecule has 0 unspecified atom stereocenters. The minimum atomic E-state index is -0.571. The lowest BCUT2D eigenvalue weighted by molar-refractivity contribution is 0.101. The summed E-state index contributed by atoms with van der Waals surface area (Å²) in [5.74, 6) is -1.03. The average Bonchev–Trinajstić information content (AvgIpc) is 2.97. The van der Waals surface area contributed by atoms with Gasteiger partial charge in [-0.2, -0.15) is 0 Å². The van der Waals surface area contributed by atoms with E-state index in [1.165, 1.54) is 28.7 Å². The summed E-state index contributed by atoms with van der Waals surface area (Å²) in [6.45, 7) is 1.86. The Balaban J connectivity index is 1.83. The highest BCUT2D eigenvalue weighted by atomic mass is 35.5. The van der Waals surface area contributed by atoms with Crippen molar-refractivity contribution in [1.29, 1.82) is 0 Å². The molecule has 0 fully saturated rings. The molecule has 3 heterocycles. The fourth-order valence-corrected chi connectivity index (χ4v) is 3.20. The van der Waals surface area contributed by atoms with Crippen LogP contribution in [0.3, 0.4) is 0 Å². The Kier molecular flexibility index (Phi) is 3.96. The van der Waals surface area contributed by atoms with E-state index in [2.05, 4.69) is 10.3 Å². The standard InChI is InChI=1S/C19H14ClFN4O2/c1-10-4-3-7-25-16(10)23-17-12(19(25)27)9-15(24(17)2)18(26)22-11-5-6-14(21)13(20)8-11/h3-9H,1-2H3,(H,22,26). The Labute approximate surface area is 157 Å². The maximum atomic E-state index is 13.3. The Morgan fingerprint density at radius 3 is 2.74 bits per heavy atom. The van der Waals surface area contributed by atoms with Gasteiger partial charge < -0.3 is 9.88 Å². The topological polar surface area (TPSA) is 68.4 Å². The number of hydrogen-bond acceptors (Lipinski definition) is 3. The fraction of sp³-hybridized carbons (Fsp3) is 0.105. The maximum Gasteiger partial charge on any atom is 0.272 e. The second kappa shape index (κ2) is 6.21. The molecule has 0 atom stereocenters. The van der Waals surface area contributed by atoms with Gasteiger partial charge in [-0.25, -0.2) is 9.37 Å². The largest absolute Gasteiger partial charge is 0.324 e. The third-order valence-corrected chi connectivity index (χ3v) is 4.72. The molecule has 1 amide bonds. The number of anilines is 1. The number of benzene rings is 1. The number of halogens is 2. The second-order valence-corrected chi connectivity index (χ2v) is 6.62. The van der Waals surface area contributed by atoms with Gasteiger partial charge in [0.1, 0.15) is 22.8 Å². The molecule has 6 nitrogen and oxygen atoms in total. The van der Waals surface area contributed by atoms with Gasteiger partial charge in [0.2, 0.25) is 0 Å². The number of hydrogen-bond donors (Lipinski definition) is 1. The molecule has 0 saturated carbocycles. The Morgan fingerprint density at radius 2 is 2.00 bits per heavy atom. The molecular weight excluding hydrogens is 371 g/mol. The van der Waals surface area contributed by atoms with Crippen LogP contribution in [0.2, 0.25) is 5.02 Å². The first-order chi connectivity index (χ1) is 12.9. The van der Waals surface area contributed by atoms with Gasteiger partial charge in [0.15, 0.2) is 0 Å². The van der Waals surface area contributed by atoms with Crippen molar-refractivity contribution >= 4 is 39.9 Å². The molecular formula is C19H14ClFN4O2. The number of carbonyl (C=O) groups is 1. The number of aryl methyl sites for hydroxylation is 2. The van der Waals surface area contributed by atoms with E-state index in [0.29, 0.717) is 22.4 Å². The zero-order valence-corrected chi connectivity index (χ0v) is 15.2. The predicted octanol–water partition coefficient (Wildman–Crippen LogP) is 3.54. The molecule has 0 aliphatic carbocycles. The van der Waals surface area contributed by atoms with Crippen molar-refractivity contribution in [2.45, 2.75) is 6.92 Å². The van der Waals surface area contributed by atoms with Crippen molar-refractivity contribution < 1.29 is 9.18 Å². The number of nitrogens with zero attached hydrogens (tertiary/aromatic N) is 3. The van der Waals surface area contributed by atoms with Crippen LogP contribution in [-0.2, 0) is 7.05 Å². The van der Waals surface area contributed by atoms with Crippen molar-refractivity contribution in [2.24, 2.45) is 7.05 Å². The molecule has 0 spiro atoms. The number of carbonyl (C=O) groups excluding carboxylic acids is 1. The molecule has 0 aliphatic heterocycles. The van der Waals surface area contributed by atoms with E-state index in [9.17, 15) is 14.0 Å². The summed E-state index contributed by atoms with van der Waals surface area (Å²) in [6, 6.07) is 9.03. The predicted molar refractivity (Wildman–Crippen MR) is 102 cm³/mol. The van der Waals surface area contributed by atoms with Crippen LogP contribution >= 0.6 is 11.6 Å². The second-order valence-electron chi connectivity index (χ2n) is 6.21. The first kappa shape index (κ1) is 17.2. The van der Waals surface area contributed by atoms with Crippen LogP contribution < -0.4 is 10.9 Å². The van der Waals surface area contributed by atoms with E-state index in [4.69, 9.17) is 11.6 Å². The van der Waals surface area contributed by atoms with Crippen LogP contribution in [0.25, 0.3) is 16.7 Å². The zero-order chi connectivity index (χ0) is 19.3. The van der Waals surface area contributed by atoms with Crippen LogP contribution in [0.4, 0.5) is 10.1 Å². The highest BCUT2D eigenvalue weighted by Crippen LogP contribution is 2.21. The smallest absolute Gasteiger partial charge is 0.272 e. The average molecular weight is 385 g/mol. The fourth-order valence-electron chi connectivity index (χ4n) is 3.02. The molecule has 0 radical (unpaired) electrons. The van der Waals surface area contributed by atoms with Gasteiger partial charge >= 0.3 is 0 Å². The number of amides is 1. The van der Waals surface area contributed by atoms with E-state index in [-0.39, 0.29) is 16.3 Å². The van der Waals surface area contributed by atoms with Gasteiger partial charge in [-0.1, -0.05) is 17.7 Å². The molecule has 27 heavy (non-hydrogen) atoms. The van der Waals surface area contributed by atoms with Crippen molar-refractivity contribution in [1.82, 2.24) is 14.0 Å². The van der Waals surface area contributed by atoms with Crippen molar-refractivity contribution in [3.05, 3.63) is 75.0 Å². The molecule has 0 saturated heterocycles. The van der Waals surface area contributed by atoms with Gasteiger partial charge in [0.05, 0.1) is 10.4 Å². The first-order valence-electron chi connectivity index (χ1n) is 8.10. The lowest BCUT2D eigenvalue weighted by atomic mass is 10.2. The SMILES string of the molecule is Cc1cccn2c(=O)c3cc(C(=O)Nc4ccc(F)c(Cl)c4)n(C)c3nc12. The molecule has 3 aromatic heterocycles. The molecule has 4 rings (SSSR count). The first-order valence-corrected chi connectivity index (χ1v) is 8.48. The summed E-state index contributed by atoms with van der Waals surface area (Å²) < 4.78 is 16.3. The van der Waals surface area contributed by atoms with Gasteiger partial charge in [-0.15, -0.1) is 0 Å². The molecule has 0 aliphatic rings. The number of nitrogens with one attached hydrogen (secondary N) is 1. The van der Waals surface area contributed by atoms with Crippen LogP contribution in [0.15, 0.2) is 47.4 Å². The number of fused-ring (bicyclic) bond motifs is 2. The Hall–Kier alpha value is -3.19. The van der Waals surface area contributed by atoms with Crippen LogP contribution in [-0.4, -0.2) is 19.9 Å². The number of pyridine rings is 1. The summed E-state index contributed by atoms with van der Waals surface area (Å²) in [6.07, 6.45) is 1.64. The Morgan fingerprint density at radius 1 is 1.22 bits per heavy atom. The summed E-state index contributed by atoms with van der Waals surface area (Å²) in [5, 5.41) is 2.90. The van der Waals surface area contributed by atoms with Gasteiger partial charge in [-0.05, 0) is 42.8 Å². The highest BCUT2D eigenvalue weighted by Gasteiger charge is 2.18. The number of rotatable bonds is 2.